The van der Waals surface area contributed by atoms with E-state index in [1.54, 1.807) is 19.9 Å². The van der Waals surface area contributed by atoms with Crippen molar-refractivity contribution in [3.63, 3.8) is 0 Å². The average Bonchev–Trinajstić information content (AvgIpc) is 1.90. The Balaban J connectivity index is 0. The van der Waals surface area contributed by atoms with Gasteiger partial charge in [-0.15, -0.1) is 0 Å². The van der Waals surface area contributed by atoms with E-state index in [4.69, 9.17) is 11.6 Å². The van der Waals surface area contributed by atoms with E-state index >= 15 is 0 Å². The first-order valence-corrected chi connectivity index (χ1v) is 3.44. The molecule has 3 nitrogen and oxygen atoms in total. The van der Waals surface area contributed by atoms with Crippen molar-refractivity contribution in [2.24, 2.45) is 0 Å². The van der Waals surface area contributed by atoms with Crippen LogP contribution in [0.5, 0.6) is 0 Å². The first-order valence-electron chi connectivity index (χ1n) is 3.06. The summed E-state index contributed by atoms with van der Waals surface area (Å²) in [4.78, 5) is 18.9. The molecule has 0 saturated carbocycles. The molecule has 0 aliphatic heterocycles. The minimum absolute atomic E-state index is 0.419. The van der Waals surface area contributed by atoms with Gasteiger partial charge < -0.3 is 4.74 Å². The van der Waals surface area contributed by atoms with Crippen LogP contribution in [0.4, 0.5) is 0 Å². The summed E-state index contributed by atoms with van der Waals surface area (Å²) in [5.74, 6) is 0. The Labute approximate surface area is 71.0 Å². The fourth-order valence-electron chi connectivity index (χ4n) is 0.199. The number of rotatable bonds is 3. The molecule has 0 aliphatic carbocycles. The second-order valence-corrected chi connectivity index (χ2v) is 1.73. The van der Waals surface area contributed by atoms with Gasteiger partial charge in [-0.1, -0.05) is 6.08 Å². The maximum absolute atomic E-state index is 9.72. The van der Waals surface area contributed by atoms with Gasteiger partial charge in [-0.25, -0.2) is 0 Å². The lowest BCUT2D eigenvalue weighted by Crippen LogP contribution is -1.80. The van der Waals surface area contributed by atoms with Gasteiger partial charge >= 0.3 is 0 Å². The summed E-state index contributed by atoms with van der Waals surface area (Å²) in [7, 11) is 0. The Morgan fingerprint density at radius 2 is 2.18 bits per heavy atom. The van der Waals surface area contributed by atoms with Gasteiger partial charge in [0.15, 0.2) is 0 Å². The van der Waals surface area contributed by atoms with Gasteiger partial charge in [-0.2, -0.15) is 0 Å². The Bertz CT molecular complexity index is 132. The van der Waals surface area contributed by atoms with E-state index in [1.807, 2.05) is 0 Å². The Hall–Kier alpha value is -0.830. The molecule has 0 unspecified atom stereocenters. The van der Waals surface area contributed by atoms with E-state index < -0.39 is 5.24 Å². The van der Waals surface area contributed by atoms with Crippen LogP contribution in [-0.2, 0) is 14.3 Å². The quantitative estimate of drug-likeness (QED) is 0.374. The standard InChI is InChI=1S/C4H5ClO.C3H6O2/c1-2-3-4(5)6;1-2-5-3-4/h2-3H,1H3;3H,2H2,1H3/b3-2+;. The van der Waals surface area contributed by atoms with Crippen LogP contribution in [0.25, 0.3) is 0 Å². The molecule has 0 atom stereocenters. The van der Waals surface area contributed by atoms with Crippen molar-refractivity contribution >= 4 is 23.3 Å². The highest BCUT2D eigenvalue weighted by atomic mass is 35.5. The Morgan fingerprint density at radius 3 is 2.18 bits per heavy atom. The summed E-state index contributed by atoms with van der Waals surface area (Å²) in [5.41, 5.74) is 0. The van der Waals surface area contributed by atoms with Crippen LogP contribution in [0.3, 0.4) is 0 Å². The van der Waals surface area contributed by atoms with Crippen molar-refractivity contribution in [2.75, 3.05) is 6.61 Å². The van der Waals surface area contributed by atoms with Crippen LogP contribution in [0, 0.1) is 0 Å². The predicted molar refractivity (Wildman–Crippen MR) is 43.4 cm³/mol. The molecule has 64 valence electrons. The number of carbonyl (C=O) groups excluding carboxylic acids is 2. The second kappa shape index (κ2) is 11.9. The van der Waals surface area contributed by atoms with Crippen molar-refractivity contribution in [1.29, 1.82) is 0 Å². The van der Waals surface area contributed by atoms with E-state index in [1.165, 1.54) is 6.08 Å². The molecule has 11 heavy (non-hydrogen) atoms. The number of ether oxygens (including phenoxy) is 1. The van der Waals surface area contributed by atoms with Gasteiger partial charge in [0.25, 0.3) is 6.47 Å². The van der Waals surface area contributed by atoms with Crippen molar-refractivity contribution in [3.8, 4) is 0 Å². The molecule has 0 spiro atoms. The predicted octanol–water partition coefficient (Wildman–Crippen LogP) is 1.51. The maximum atomic E-state index is 9.72. The fourth-order valence-corrected chi connectivity index (χ4v) is 0.325. The molecule has 0 aromatic carbocycles. The van der Waals surface area contributed by atoms with E-state index in [9.17, 15) is 9.59 Å². The van der Waals surface area contributed by atoms with Crippen LogP contribution in [0.15, 0.2) is 12.2 Å². The van der Waals surface area contributed by atoms with Crippen molar-refractivity contribution in [3.05, 3.63) is 12.2 Å². The van der Waals surface area contributed by atoms with Gasteiger partial charge in [0.1, 0.15) is 0 Å². The molecule has 0 N–H and O–H groups in total. The summed E-state index contributed by atoms with van der Waals surface area (Å²) < 4.78 is 4.15. The molecular formula is C7H11ClO3. The van der Waals surface area contributed by atoms with Crippen LogP contribution in [-0.4, -0.2) is 18.3 Å². The van der Waals surface area contributed by atoms with E-state index in [0.717, 1.165) is 0 Å². The molecule has 0 aliphatic rings. The Morgan fingerprint density at radius 1 is 1.64 bits per heavy atom. The van der Waals surface area contributed by atoms with Gasteiger partial charge in [-0.05, 0) is 31.5 Å². The SMILES string of the molecule is C/C=C/C(=O)Cl.CCOC=O. The molecule has 4 heteroatoms. The maximum Gasteiger partial charge on any atom is 0.293 e. The van der Waals surface area contributed by atoms with E-state index in [-0.39, 0.29) is 0 Å². The lowest BCUT2D eigenvalue weighted by molar-refractivity contribution is -0.128. The first kappa shape index (κ1) is 12.8. The Kier molecular flexibility index (Phi) is 13.9. The van der Waals surface area contributed by atoms with Crippen molar-refractivity contribution in [2.45, 2.75) is 13.8 Å². The fraction of sp³-hybridized carbons (Fsp3) is 0.429. The van der Waals surface area contributed by atoms with Gasteiger partial charge in [-0.3, -0.25) is 9.59 Å². The summed E-state index contributed by atoms with van der Waals surface area (Å²) in [6.45, 7) is 4.40. The molecule has 0 rings (SSSR count). The van der Waals surface area contributed by atoms with Crippen molar-refractivity contribution in [1.82, 2.24) is 0 Å². The molecule has 0 aromatic rings. The molecule has 0 heterocycles. The summed E-state index contributed by atoms with van der Waals surface area (Å²) in [5, 5.41) is -0.419. The van der Waals surface area contributed by atoms with Gasteiger partial charge in [0.05, 0.1) is 6.61 Å². The molecule has 0 bridgehead atoms. The lowest BCUT2D eigenvalue weighted by atomic mass is 10.6. The minimum Gasteiger partial charge on any atom is -0.468 e. The zero-order valence-electron chi connectivity index (χ0n) is 6.54. The summed E-state index contributed by atoms with van der Waals surface area (Å²) in [6.07, 6.45) is 2.89. The molecule has 0 saturated heterocycles. The number of carbonyl (C=O) groups is 2. The van der Waals surface area contributed by atoms with Crippen LogP contribution >= 0.6 is 11.6 Å². The number of halogens is 1. The van der Waals surface area contributed by atoms with Gasteiger partial charge in [0.2, 0.25) is 5.24 Å². The molecule has 0 radical (unpaired) electrons. The number of allylic oxidation sites excluding steroid dienone is 2. The highest BCUT2D eigenvalue weighted by molar-refractivity contribution is 6.66. The van der Waals surface area contributed by atoms with Gasteiger partial charge in [0, 0.05) is 0 Å². The lowest BCUT2D eigenvalue weighted by Gasteiger charge is -1.79. The van der Waals surface area contributed by atoms with Crippen LogP contribution in [0.2, 0.25) is 0 Å². The third kappa shape index (κ3) is 27.1. The molecule has 0 aromatic heterocycles. The molecular weight excluding hydrogens is 168 g/mol. The van der Waals surface area contributed by atoms with Crippen molar-refractivity contribution < 1.29 is 14.3 Å². The highest BCUT2D eigenvalue weighted by Crippen LogP contribution is 1.78. The largest absolute Gasteiger partial charge is 0.468 e. The topological polar surface area (TPSA) is 43.4 Å². The minimum atomic E-state index is -0.419. The molecule has 0 fully saturated rings. The highest BCUT2D eigenvalue weighted by Gasteiger charge is 1.77. The zero-order chi connectivity index (χ0) is 9.11. The van der Waals surface area contributed by atoms with E-state index in [2.05, 4.69) is 4.74 Å². The van der Waals surface area contributed by atoms with Crippen LogP contribution in [0.1, 0.15) is 13.8 Å². The van der Waals surface area contributed by atoms with E-state index in [0.29, 0.717) is 13.1 Å². The zero-order valence-corrected chi connectivity index (χ0v) is 7.30. The average molecular weight is 179 g/mol. The summed E-state index contributed by atoms with van der Waals surface area (Å²) in [6, 6.07) is 0. The first-order chi connectivity index (χ1) is 5.18. The summed E-state index contributed by atoms with van der Waals surface area (Å²) >= 11 is 4.85. The smallest absolute Gasteiger partial charge is 0.293 e. The monoisotopic (exact) mass is 178 g/mol. The third-order valence-electron chi connectivity index (χ3n) is 0.532. The number of hydrogen-bond acceptors (Lipinski definition) is 3. The normalized spacial score (nSPS) is 8.27. The second-order valence-electron chi connectivity index (χ2n) is 1.36. The number of hydrogen-bond donors (Lipinski definition) is 0. The van der Waals surface area contributed by atoms with Crippen LogP contribution < -0.4 is 0 Å². The third-order valence-corrected chi connectivity index (χ3v) is 0.658. The molecule has 0 amide bonds.